The van der Waals surface area contributed by atoms with Gasteiger partial charge in [-0.15, -0.1) is 0 Å². The molecule has 0 aliphatic rings. The molecular formula is C13H11ClN4O2S. The Labute approximate surface area is 126 Å². The number of sulfonamides is 1. The van der Waals surface area contributed by atoms with E-state index >= 15 is 0 Å². The number of nitrogens with one attached hydrogen (secondary N) is 1. The van der Waals surface area contributed by atoms with Crippen molar-refractivity contribution in [3.63, 3.8) is 0 Å². The summed E-state index contributed by atoms with van der Waals surface area (Å²) in [6.45, 7) is 0. The number of hydrogen-bond donors (Lipinski definition) is 1. The summed E-state index contributed by atoms with van der Waals surface area (Å²) < 4.78 is 28.8. The molecule has 0 fully saturated rings. The Balaban J connectivity index is 2.10. The van der Waals surface area contributed by atoms with Gasteiger partial charge in [0.1, 0.15) is 10.7 Å². The summed E-state index contributed by atoms with van der Waals surface area (Å²) in [5, 5.41) is 0.192. The van der Waals surface area contributed by atoms with E-state index in [0.717, 1.165) is 0 Å². The van der Waals surface area contributed by atoms with Gasteiger partial charge in [-0.2, -0.15) is 0 Å². The van der Waals surface area contributed by atoms with Crippen LogP contribution in [0, 0.1) is 0 Å². The van der Waals surface area contributed by atoms with Crippen LogP contribution in [0.4, 0.5) is 5.82 Å². The molecule has 0 saturated heterocycles. The molecule has 3 aromatic rings. The maximum atomic E-state index is 12.3. The second-order valence-corrected chi connectivity index (χ2v) is 6.50. The molecule has 0 bridgehead atoms. The van der Waals surface area contributed by atoms with E-state index in [1.54, 1.807) is 42.2 Å². The summed E-state index contributed by atoms with van der Waals surface area (Å²) in [7, 11) is -1.94. The van der Waals surface area contributed by atoms with Crippen molar-refractivity contribution in [1.82, 2.24) is 14.5 Å². The second kappa shape index (κ2) is 5.01. The Morgan fingerprint density at radius 1 is 1.24 bits per heavy atom. The van der Waals surface area contributed by atoms with Crippen molar-refractivity contribution >= 4 is 38.5 Å². The first-order valence-electron chi connectivity index (χ1n) is 6.03. The normalized spacial score (nSPS) is 11.7. The number of hydrogen-bond acceptors (Lipinski definition) is 4. The number of pyridine rings is 1. The lowest BCUT2D eigenvalue weighted by Gasteiger charge is -2.08. The molecule has 0 aliphatic heterocycles. The Morgan fingerprint density at radius 3 is 2.67 bits per heavy atom. The van der Waals surface area contributed by atoms with Gasteiger partial charge in [0.05, 0.1) is 16.7 Å². The highest BCUT2D eigenvalue weighted by Gasteiger charge is 2.18. The van der Waals surface area contributed by atoms with Crippen LogP contribution in [0.2, 0.25) is 5.15 Å². The number of aryl methyl sites for hydroxylation is 1. The van der Waals surface area contributed by atoms with Gasteiger partial charge in [0.2, 0.25) is 0 Å². The average molecular weight is 323 g/mol. The third kappa shape index (κ3) is 2.57. The van der Waals surface area contributed by atoms with E-state index in [4.69, 9.17) is 11.6 Å². The van der Waals surface area contributed by atoms with Gasteiger partial charge in [0.25, 0.3) is 10.0 Å². The molecule has 0 spiro atoms. The predicted molar refractivity (Wildman–Crippen MR) is 80.8 cm³/mol. The fourth-order valence-corrected chi connectivity index (χ4v) is 3.17. The molecule has 2 aromatic heterocycles. The van der Waals surface area contributed by atoms with Crippen LogP contribution in [-0.2, 0) is 17.1 Å². The number of aromatic nitrogens is 3. The third-order valence-corrected chi connectivity index (χ3v) is 4.51. The lowest BCUT2D eigenvalue weighted by Crippen LogP contribution is -2.14. The molecule has 21 heavy (non-hydrogen) atoms. The minimum Gasteiger partial charge on any atom is -0.334 e. The standard InChI is InChI=1S/C13H11ClN4O2S/c1-18-8-15-12-10(18)7-11(14)16-13(12)17-21(19,20)9-5-3-2-4-6-9/h2-8H,1H3,(H,16,17). The number of rotatable bonds is 3. The van der Waals surface area contributed by atoms with Crippen molar-refractivity contribution in [3.8, 4) is 0 Å². The molecule has 0 atom stereocenters. The molecule has 1 N–H and O–H groups in total. The Kier molecular flexibility index (Phi) is 3.30. The quantitative estimate of drug-likeness (QED) is 0.751. The summed E-state index contributed by atoms with van der Waals surface area (Å²) in [6, 6.07) is 9.68. The molecule has 0 radical (unpaired) electrons. The van der Waals surface area contributed by atoms with E-state index in [9.17, 15) is 8.42 Å². The maximum Gasteiger partial charge on any atom is 0.263 e. The molecule has 0 aliphatic carbocycles. The molecule has 1 aromatic carbocycles. The minimum absolute atomic E-state index is 0.113. The molecule has 3 rings (SSSR count). The molecule has 108 valence electrons. The van der Waals surface area contributed by atoms with Crippen LogP contribution in [0.25, 0.3) is 11.0 Å². The summed E-state index contributed by atoms with van der Waals surface area (Å²) in [5.41, 5.74) is 1.14. The maximum absolute atomic E-state index is 12.3. The van der Waals surface area contributed by atoms with Gasteiger partial charge < -0.3 is 4.57 Å². The lowest BCUT2D eigenvalue weighted by atomic mass is 10.4. The Bertz CT molecular complexity index is 907. The number of benzene rings is 1. The Hall–Kier alpha value is -2.12. The van der Waals surface area contributed by atoms with Crippen molar-refractivity contribution in [2.24, 2.45) is 7.05 Å². The largest absolute Gasteiger partial charge is 0.334 e. The number of fused-ring (bicyclic) bond motifs is 1. The van der Waals surface area contributed by atoms with Gasteiger partial charge in [-0.05, 0) is 12.1 Å². The summed E-state index contributed by atoms with van der Waals surface area (Å²) >= 11 is 5.94. The Morgan fingerprint density at radius 2 is 1.95 bits per heavy atom. The van der Waals surface area contributed by atoms with Gasteiger partial charge in [0.15, 0.2) is 5.82 Å². The van der Waals surface area contributed by atoms with Crippen molar-refractivity contribution in [3.05, 3.63) is 47.9 Å². The van der Waals surface area contributed by atoms with E-state index in [0.29, 0.717) is 11.0 Å². The van der Waals surface area contributed by atoms with Crippen LogP contribution in [0.3, 0.4) is 0 Å². The zero-order chi connectivity index (χ0) is 15.0. The van der Waals surface area contributed by atoms with Crippen LogP contribution in [-0.4, -0.2) is 23.0 Å². The number of imidazole rings is 1. The third-order valence-electron chi connectivity index (χ3n) is 2.97. The lowest BCUT2D eigenvalue weighted by molar-refractivity contribution is 0.601. The van der Waals surface area contributed by atoms with E-state index in [2.05, 4.69) is 14.7 Å². The smallest absolute Gasteiger partial charge is 0.263 e. The van der Waals surface area contributed by atoms with Gasteiger partial charge in [-0.1, -0.05) is 29.8 Å². The summed E-state index contributed by atoms with van der Waals surface area (Å²) in [5.74, 6) is 0.113. The van der Waals surface area contributed by atoms with Crippen molar-refractivity contribution < 1.29 is 8.42 Å². The van der Waals surface area contributed by atoms with Crippen molar-refractivity contribution in [2.75, 3.05) is 4.72 Å². The molecule has 2 heterocycles. The molecule has 6 nitrogen and oxygen atoms in total. The molecule has 8 heteroatoms. The topological polar surface area (TPSA) is 76.9 Å². The SMILES string of the molecule is Cn1cnc2c(NS(=O)(=O)c3ccccc3)nc(Cl)cc21. The molecule has 0 unspecified atom stereocenters. The zero-order valence-corrected chi connectivity index (χ0v) is 12.6. The average Bonchev–Trinajstić information content (AvgIpc) is 2.81. The number of anilines is 1. The summed E-state index contributed by atoms with van der Waals surface area (Å²) in [4.78, 5) is 8.33. The number of nitrogens with zero attached hydrogens (tertiary/aromatic N) is 3. The highest BCUT2D eigenvalue weighted by Crippen LogP contribution is 2.25. The highest BCUT2D eigenvalue weighted by atomic mass is 35.5. The van der Waals surface area contributed by atoms with Crippen LogP contribution >= 0.6 is 11.6 Å². The van der Waals surface area contributed by atoms with E-state index in [1.165, 1.54) is 12.1 Å². The van der Waals surface area contributed by atoms with Gasteiger partial charge in [-0.25, -0.2) is 18.4 Å². The van der Waals surface area contributed by atoms with Crippen LogP contribution in [0.15, 0.2) is 47.6 Å². The first-order chi connectivity index (χ1) is 9.97. The van der Waals surface area contributed by atoms with Crippen molar-refractivity contribution in [1.29, 1.82) is 0 Å². The minimum atomic E-state index is -3.73. The zero-order valence-electron chi connectivity index (χ0n) is 11.0. The molecular weight excluding hydrogens is 312 g/mol. The second-order valence-electron chi connectivity index (χ2n) is 4.44. The van der Waals surface area contributed by atoms with Gasteiger partial charge in [-0.3, -0.25) is 4.72 Å². The first-order valence-corrected chi connectivity index (χ1v) is 7.89. The van der Waals surface area contributed by atoms with E-state index < -0.39 is 10.0 Å². The van der Waals surface area contributed by atoms with E-state index in [-0.39, 0.29) is 15.9 Å². The monoisotopic (exact) mass is 322 g/mol. The van der Waals surface area contributed by atoms with Crippen LogP contribution in [0.1, 0.15) is 0 Å². The van der Waals surface area contributed by atoms with Crippen LogP contribution in [0.5, 0.6) is 0 Å². The number of halogens is 1. The van der Waals surface area contributed by atoms with Gasteiger partial charge >= 0.3 is 0 Å². The van der Waals surface area contributed by atoms with Crippen LogP contribution < -0.4 is 4.72 Å². The first kappa shape index (κ1) is 13.8. The molecule has 0 amide bonds. The predicted octanol–water partition coefficient (Wildman–Crippen LogP) is 2.42. The fourth-order valence-electron chi connectivity index (χ4n) is 1.95. The summed E-state index contributed by atoms with van der Waals surface area (Å²) in [6.07, 6.45) is 1.57. The molecule has 0 saturated carbocycles. The van der Waals surface area contributed by atoms with Gasteiger partial charge in [0, 0.05) is 13.1 Å². The fraction of sp³-hybridized carbons (Fsp3) is 0.0769. The highest BCUT2D eigenvalue weighted by molar-refractivity contribution is 7.92. The van der Waals surface area contributed by atoms with Crippen molar-refractivity contribution in [2.45, 2.75) is 4.90 Å². The van der Waals surface area contributed by atoms with E-state index in [1.807, 2.05) is 0 Å².